The quantitative estimate of drug-likeness (QED) is 0.732. The smallest absolute Gasteiger partial charge is 0.360 e. The van der Waals surface area contributed by atoms with Gasteiger partial charge in [-0.25, -0.2) is 4.79 Å². The summed E-state index contributed by atoms with van der Waals surface area (Å²) in [6.07, 6.45) is 1.12. The molecule has 0 unspecified atom stereocenters. The minimum atomic E-state index is -0.622. The molecule has 0 radical (unpaired) electrons. The largest absolute Gasteiger partial charge is 0.494 e. The van der Waals surface area contributed by atoms with Gasteiger partial charge in [-0.3, -0.25) is 10.1 Å². The summed E-state index contributed by atoms with van der Waals surface area (Å²) < 4.78 is 20.8. The highest BCUT2D eigenvalue weighted by molar-refractivity contribution is 6.04. The van der Waals surface area contributed by atoms with Gasteiger partial charge in [0.25, 0.3) is 5.91 Å². The molecule has 1 amide bonds. The standard InChI is InChI=1S/C17H20N2O6/c1-4-22-12-7-11(8-13(9-12)23-5-2)15(20)19-17-18-14(10-25-17)16(21)24-6-3/h7-10H,4-6H2,1-3H3,(H,18,19,20). The maximum Gasteiger partial charge on any atom is 0.360 e. The van der Waals surface area contributed by atoms with Crippen LogP contribution in [0.1, 0.15) is 41.6 Å². The van der Waals surface area contributed by atoms with Gasteiger partial charge in [0.15, 0.2) is 5.69 Å². The lowest BCUT2D eigenvalue weighted by atomic mass is 10.2. The maximum atomic E-state index is 12.4. The average molecular weight is 348 g/mol. The molecule has 2 aromatic rings. The number of anilines is 1. The number of nitrogens with zero attached hydrogens (tertiary/aromatic N) is 1. The van der Waals surface area contributed by atoms with E-state index in [0.29, 0.717) is 30.3 Å². The fraction of sp³-hybridized carbons (Fsp3) is 0.353. The third-order valence-electron chi connectivity index (χ3n) is 2.97. The Hall–Kier alpha value is -3.03. The van der Waals surface area contributed by atoms with Crippen LogP contribution in [0.5, 0.6) is 11.5 Å². The second-order valence-electron chi connectivity index (χ2n) is 4.77. The topological polar surface area (TPSA) is 99.9 Å². The number of aromatic nitrogens is 1. The molecule has 2 rings (SSSR count). The van der Waals surface area contributed by atoms with Crippen LogP contribution in [-0.2, 0) is 4.74 Å². The van der Waals surface area contributed by atoms with Crippen LogP contribution in [0.2, 0.25) is 0 Å². The van der Waals surface area contributed by atoms with E-state index in [4.69, 9.17) is 18.6 Å². The van der Waals surface area contributed by atoms with Crippen molar-refractivity contribution < 1.29 is 28.2 Å². The van der Waals surface area contributed by atoms with Gasteiger partial charge in [-0.1, -0.05) is 0 Å². The van der Waals surface area contributed by atoms with Crippen molar-refractivity contribution in [2.45, 2.75) is 20.8 Å². The Morgan fingerprint density at radius 1 is 1.04 bits per heavy atom. The highest BCUT2D eigenvalue weighted by Crippen LogP contribution is 2.24. The van der Waals surface area contributed by atoms with Crippen LogP contribution in [-0.4, -0.2) is 36.7 Å². The molecule has 25 heavy (non-hydrogen) atoms. The van der Waals surface area contributed by atoms with Crippen molar-refractivity contribution in [3.8, 4) is 11.5 Å². The molecule has 0 saturated carbocycles. The molecule has 134 valence electrons. The predicted molar refractivity (Wildman–Crippen MR) is 89.2 cm³/mol. The van der Waals surface area contributed by atoms with Crippen LogP contribution in [0.3, 0.4) is 0 Å². The molecule has 0 atom stereocenters. The van der Waals surface area contributed by atoms with Gasteiger partial charge in [-0.15, -0.1) is 0 Å². The molecule has 0 fully saturated rings. The maximum absolute atomic E-state index is 12.4. The monoisotopic (exact) mass is 348 g/mol. The Balaban J connectivity index is 2.15. The molecular weight excluding hydrogens is 328 g/mol. The summed E-state index contributed by atoms with van der Waals surface area (Å²) in [7, 11) is 0. The van der Waals surface area contributed by atoms with Crippen LogP contribution < -0.4 is 14.8 Å². The number of nitrogens with one attached hydrogen (secondary N) is 1. The first-order valence-corrected chi connectivity index (χ1v) is 7.92. The molecular formula is C17H20N2O6. The zero-order valence-corrected chi connectivity index (χ0v) is 14.3. The van der Waals surface area contributed by atoms with Gasteiger partial charge in [0.2, 0.25) is 0 Å². The van der Waals surface area contributed by atoms with Crippen molar-refractivity contribution in [1.82, 2.24) is 4.98 Å². The van der Waals surface area contributed by atoms with Crippen LogP contribution in [0, 0.1) is 0 Å². The number of ether oxygens (including phenoxy) is 3. The molecule has 1 heterocycles. The van der Waals surface area contributed by atoms with E-state index in [0.717, 1.165) is 6.26 Å². The molecule has 0 spiro atoms. The SMILES string of the molecule is CCOC(=O)c1coc(NC(=O)c2cc(OCC)cc(OCC)c2)n1. The Morgan fingerprint density at radius 2 is 1.68 bits per heavy atom. The van der Waals surface area contributed by atoms with Gasteiger partial charge in [-0.2, -0.15) is 4.98 Å². The number of carbonyl (C=O) groups is 2. The Labute approximate surface area is 145 Å². The second kappa shape index (κ2) is 8.72. The fourth-order valence-electron chi connectivity index (χ4n) is 2.00. The summed E-state index contributed by atoms with van der Waals surface area (Å²) >= 11 is 0. The number of benzene rings is 1. The van der Waals surface area contributed by atoms with E-state index in [1.54, 1.807) is 25.1 Å². The Bertz CT molecular complexity index is 716. The summed E-state index contributed by atoms with van der Waals surface area (Å²) in [6, 6.07) is 4.76. The zero-order chi connectivity index (χ0) is 18.2. The molecule has 0 saturated heterocycles. The number of hydrogen-bond donors (Lipinski definition) is 1. The molecule has 0 aliphatic heterocycles. The highest BCUT2D eigenvalue weighted by atomic mass is 16.5. The van der Waals surface area contributed by atoms with E-state index >= 15 is 0 Å². The number of oxazole rings is 1. The second-order valence-corrected chi connectivity index (χ2v) is 4.77. The zero-order valence-electron chi connectivity index (χ0n) is 14.3. The first-order chi connectivity index (χ1) is 12.1. The van der Waals surface area contributed by atoms with Gasteiger partial charge in [0.1, 0.15) is 17.8 Å². The van der Waals surface area contributed by atoms with Crippen molar-refractivity contribution in [2.75, 3.05) is 25.1 Å². The lowest BCUT2D eigenvalue weighted by Crippen LogP contribution is -2.13. The van der Waals surface area contributed by atoms with Gasteiger partial charge in [-0.05, 0) is 32.9 Å². The minimum absolute atomic E-state index is 0.0183. The lowest BCUT2D eigenvalue weighted by Gasteiger charge is -2.10. The van der Waals surface area contributed by atoms with Crippen molar-refractivity contribution in [2.24, 2.45) is 0 Å². The average Bonchev–Trinajstić information content (AvgIpc) is 3.04. The molecule has 8 nitrogen and oxygen atoms in total. The third-order valence-corrected chi connectivity index (χ3v) is 2.97. The van der Waals surface area contributed by atoms with Crippen LogP contribution in [0.4, 0.5) is 6.01 Å². The molecule has 8 heteroatoms. The Morgan fingerprint density at radius 3 is 2.24 bits per heavy atom. The summed E-state index contributed by atoms with van der Waals surface area (Å²) in [5.41, 5.74) is 0.292. The molecule has 1 aromatic heterocycles. The van der Waals surface area contributed by atoms with Gasteiger partial charge >= 0.3 is 12.0 Å². The number of hydrogen-bond acceptors (Lipinski definition) is 7. The van der Waals surface area contributed by atoms with E-state index < -0.39 is 11.9 Å². The normalized spacial score (nSPS) is 10.2. The van der Waals surface area contributed by atoms with Gasteiger partial charge in [0, 0.05) is 11.6 Å². The van der Waals surface area contributed by atoms with Crippen molar-refractivity contribution in [3.63, 3.8) is 0 Å². The van der Waals surface area contributed by atoms with Crippen molar-refractivity contribution in [1.29, 1.82) is 0 Å². The predicted octanol–water partition coefficient (Wildman–Crippen LogP) is 2.90. The van der Waals surface area contributed by atoms with E-state index in [9.17, 15) is 9.59 Å². The fourth-order valence-corrected chi connectivity index (χ4v) is 2.00. The molecule has 0 bridgehead atoms. The molecule has 1 N–H and O–H groups in total. The summed E-state index contributed by atoms with van der Waals surface area (Å²) in [5, 5.41) is 2.48. The van der Waals surface area contributed by atoms with Crippen molar-refractivity contribution in [3.05, 3.63) is 35.7 Å². The van der Waals surface area contributed by atoms with E-state index in [1.807, 2.05) is 13.8 Å². The third kappa shape index (κ3) is 4.97. The number of amides is 1. The number of carbonyl (C=O) groups excluding carboxylic acids is 2. The Kier molecular flexibility index (Phi) is 6.39. The number of esters is 1. The van der Waals surface area contributed by atoms with Crippen molar-refractivity contribution >= 4 is 17.9 Å². The minimum Gasteiger partial charge on any atom is -0.494 e. The molecule has 0 aliphatic carbocycles. The lowest BCUT2D eigenvalue weighted by molar-refractivity contribution is 0.0519. The van der Waals surface area contributed by atoms with E-state index in [2.05, 4.69) is 10.3 Å². The van der Waals surface area contributed by atoms with Crippen LogP contribution in [0.25, 0.3) is 0 Å². The highest BCUT2D eigenvalue weighted by Gasteiger charge is 2.16. The van der Waals surface area contributed by atoms with E-state index in [1.165, 1.54) is 0 Å². The summed E-state index contributed by atoms with van der Waals surface area (Å²) in [6.45, 7) is 6.51. The van der Waals surface area contributed by atoms with Gasteiger partial charge < -0.3 is 18.6 Å². The molecule has 1 aromatic carbocycles. The summed E-state index contributed by atoms with van der Waals surface area (Å²) in [5.74, 6) is -0.0695. The first kappa shape index (κ1) is 18.3. The van der Waals surface area contributed by atoms with Gasteiger partial charge in [0.05, 0.1) is 19.8 Å². The first-order valence-electron chi connectivity index (χ1n) is 7.92. The summed E-state index contributed by atoms with van der Waals surface area (Å²) in [4.78, 5) is 27.8. The van der Waals surface area contributed by atoms with E-state index in [-0.39, 0.29) is 18.3 Å². The van der Waals surface area contributed by atoms with Crippen LogP contribution in [0.15, 0.2) is 28.9 Å². The number of rotatable bonds is 8. The van der Waals surface area contributed by atoms with Crippen LogP contribution >= 0.6 is 0 Å². The molecule has 0 aliphatic rings.